The van der Waals surface area contributed by atoms with E-state index >= 15 is 0 Å². The van der Waals surface area contributed by atoms with Crippen LogP contribution in [-0.2, 0) is 48.7 Å². The third kappa shape index (κ3) is 4.82. The SMILES string of the molecule is COC1(O)N=C(N)Nc2c1ncn2[C@@H]1O[C@H](COC(C)=O)[C@@H](OC(C)=O)[C@]1(O)OS(=O)(=O)C(F)(F)F. The van der Waals surface area contributed by atoms with E-state index in [9.17, 15) is 41.4 Å². The zero-order chi connectivity index (χ0) is 27.3. The summed E-state index contributed by atoms with van der Waals surface area (Å²) in [6.45, 7) is 0.941. The number of ether oxygens (including phenoxy) is 4. The molecular weight excluding hydrogens is 527 g/mol. The molecule has 0 saturated carbocycles. The second-order valence-corrected chi connectivity index (χ2v) is 8.92. The number of nitrogens with two attached hydrogens (primary N) is 1. The fourth-order valence-corrected chi connectivity index (χ4v) is 4.01. The van der Waals surface area contributed by atoms with Crippen LogP contribution < -0.4 is 11.1 Å². The van der Waals surface area contributed by atoms with Crippen molar-refractivity contribution >= 4 is 33.8 Å². The van der Waals surface area contributed by atoms with E-state index in [0.717, 1.165) is 27.3 Å². The van der Waals surface area contributed by atoms with Crippen molar-refractivity contribution in [3.8, 4) is 0 Å². The fraction of sp³-hybridized carbons (Fsp3) is 0.625. The molecule has 5 N–H and O–H groups in total. The van der Waals surface area contributed by atoms with Gasteiger partial charge in [0.15, 0.2) is 24.0 Å². The normalized spacial score (nSPS) is 30.2. The van der Waals surface area contributed by atoms with Crippen molar-refractivity contribution in [2.24, 2.45) is 10.7 Å². The Balaban J connectivity index is 2.19. The number of nitrogens with one attached hydrogen (secondary N) is 1. The molecule has 0 amide bonds. The number of imidazole rings is 1. The van der Waals surface area contributed by atoms with Crippen molar-refractivity contribution in [1.82, 2.24) is 9.55 Å². The number of methoxy groups -OCH3 is 1. The largest absolute Gasteiger partial charge is 0.523 e. The summed E-state index contributed by atoms with van der Waals surface area (Å²) in [5.41, 5.74) is -0.853. The molecule has 16 nitrogen and oxygen atoms in total. The van der Waals surface area contributed by atoms with Gasteiger partial charge in [0.05, 0.1) is 6.33 Å². The molecule has 1 saturated heterocycles. The number of carbonyl (C=O) groups is 2. The van der Waals surface area contributed by atoms with Gasteiger partial charge >= 0.3 is 33.5 Å². The first-order chi connectivity index (χ1) is 16.4. The number of hydrogen-bond acceptors (Lipinski definition) is 15. The number of aliphatic hydroxyl groups is 2. The van der Waals surface area contributed by atoms with Crippen LogP contribution in [-0.4, -0.2) is 83.3 Å². The van der Waals surface area contributed by atoms with E-state index in [1.807, 2.05) is 0 Å². The average Bonchev–Trinajstić information content (AvgIpc) is 3.24. The van der Waals surface area contributed by atoms with Crippen LogP contribution in [0.1, 0.15) is 25.8 Å². The molecule has 0 aromatic carbocycles. The number of anilines is 1. The first-order valence-corrected chi connectivity index (χ1v) is 11.0. The number of fused-ring (bicyclic) bond motifs is 1. The molecule has 2 aliphatic rings. The van der Waals surface area contributed by atoms with Gasteiger partial charge in [-0.25, -0.2) is 9.17 Å². The Hall–Kier alpha value is -3.04. The van der Waals surface area contributed by atoms with Gasteiger partial charge in [0.1, 0.15) is 18.5 Å². The first kappa shape index (κ1) is 27.5. The lowest BCUT2D eigenvalue weighted by Crippen LogP contribution is -2.54. The van der Waals surface area contributed by atoms with E-state index in [2.05, 4.69) is 19.5 Å². The minimum Gasteiger partial charge on any atom is -0.463 e. The molecular formula is C16H20F3N5O11S. The maximum Gasteiger partial charge on any atom is 0.523 e. The highest BCUT2D eigenvalue weighted by molar-refractivity contribution is 7.87. The number of alkyl halides is 3. The Labute approximate surface area is 199 Å². The lowest BCUT2D eigenvalue weighted by Gasteiger charge is -2.33. The predicted octanol–water partition coefficient (Wildman–Crippen LogP) is -1.68. The maximum absolute atomic E-state index is 13.2. The summed E-state index contributed by atoms with van der Waals surface area (Å²) in [6, 6.07) is 0. The molecule has 0 spiro atoms. The number of esters is 2. The fourth-order valence-electron chi connectivity index (χ4n) is 3.39. The molecule has 5 atom stereocenters. The second-order valence-electron chi connectivity index (χ2n) is 7.38. The zero-order valence-corrected chi connectivity index (χ0v) is 19.4. The third-order valence-corrected chi connectivity index (χ3v) is 5.88. The van der Waals surface area contributed by atoms with Crippen LogP contribution in [0.5, 0.6) is 0 Å². The summed E-state index contributed by atoms with van der Waals surface area (Å²) in [6.07, 6.45) is -5.58. The molecule has 0 aliphatic carbocycles. The van der Waals surface area contributed by atoms with Gasteiger partial charge in [-0.1, -0.05) is 0 Å². The van der Waals surface area contributed by atoms with Crippen LogP contribution in [0, 0.1) is 0 Å². The molecule has 0 bridgehead atoms. The number of aromatic nitrogens is 2. The van der Waals surface area contributed by atoms with E-state index in [-0.39, 0.29) is 0 Å². The summed E-state index contributed by atoms with van der Waals surface area (Å²) < 4.78 is 88.1. The summed E-state index contributed by atoms with van der Waals surface area (Å²) in [7, 11) is -5.54. The van der Waals surface area contributed by atoms with Crippen LogP contribution >= 0.6 is 0 Å². The molecule has 2 aliphatic heterocycles. The Morgan fingerprint density at radius 2 is 1.94 bits per heavy atom. The van der Waals surface area contributed by atoms with E-state index in [1.165, 1.54) is 0 Å². The van der Waals surface area contributed by atoms with Gasteiger partial charge in [0, 0.05) is 21.0 Å². The van der Waals surface area contributed by atoms with Gasteiger partial charge in [-0.3, -0.25) is 14.2 Å². The van der Waals surface area contributed by atoms with Gasteiger partial charge in [-0.15, -0.1) is 0 Å². The quantitative estimate of drug-likeness (QED) is 0.130. The van der Waals surface area contributed by atoms with Gasteiger partial charge in [0.2, 0.25) is 0 Å². The molecule has 0 radical (unpaired) electrons. The van der Waals surface area contributed by atoms with Crippen LogP contribution in [0.25, 0.3) is 0 Å². The third-order valence-electron chi connectivity index (χ3n) is 4.83. The Bertz CT molecular complexity index is 1190. The summed E-state index contributed by atoms with van der Waals surface area (Å²) in [5, 5.41) is 24.2. The summed E-state index contributed by atoms with van der Waals surface area (Å²) >= 11 is 0. The van der Waals surface area contributed by atoms with Crippen molar-refractivity contribution in [2.45, 2.75) is 49.5 Å². The number of halogens is 3. The van der Waals surface area contributed by atoms with Gasteiger partial charge in [0.25, 0.3) is 5.79 Å². The van der Waals surface area contributed by atoms with Gasteiger partial charge in [-0.2, -0.15) is 26.6 Å². The lowest BCUT2D eigenvalue weighted by molar-refractivity contribution is -0.239. The number of hydrogen-bond donors (Lipinski definition) is 4. The number of carbonyl (C=O) groups excluding carboxylic acids is 2. The number of rotatable bonds is 7. The smallest absolute Gasteiger partial charge is 0.463 e. The van der Waals surface area contributed by atoms with Gasteiger partial charge in [-0.05, 0) is 0 Å². The molecule has 1 unspecified atom stereocenters. The van der Waals surface area contributed by atoms with E-state index in [0.29, 0.717) is 4.57 Å². The number of nitrogens with zero attached hydrogens (tertiary/aromatic N) is 3. The highest BCUT2D eigenvalue weighted by Crippen LogP contribution is 2.47. The van der Waals surface area contributed by atoms with Crippen molar-refractivity contribution in [2.75, 3.05) is 19.0 Å². The lowest BCUT2D eigenvalue weighted by atomic mass is 10.1. The van der Waals surface area contributed by atoms with Crippen molar-refractivity contribution in [3.05, 3.63) is 12.0 Å². The summed E-state index contributed by atoms with van der Waals surface area (Å²) in [5.74, 6) is -9.11. The average molecular weight is 547 g/mol. The van der Waals surface area contributed by atoms with Crippen LogP contribution in [0.2, 0.25) is 0 Å². The molecule has 202 valence electrons. The molecule has 20 heteroatoms. The molecule has 3 rings (SSSR count). The first-order valence-electron chi connectivity index (χ1n) is 9.62. The zero-order valence-electron chi connectivity index (χ0n) is 18.5. The molecule has 1 aromatic rings. The van der Waals surface area contributed by atoms with E-state index < -0.39 is 81.8 Å². The summed E-state index contributed by atoms with van der Waals surface area (Å²) in [4.78, 5) is 30.4. The van der Waals surface area contributed by atoms with Crippen molar-refractivity contribution in [1.29, 1.82) is 0 Å². The van der Waals surface area contributed by atoms with Gasteiger partial charge < -0.3 is 40.2 Å². The molecule has 3 heterocycles. The number of aliphatic imine (C=N–C) groups is 1. The predicted molar refractivity (Wildman–Crippen MR) is 105 cm³/mol. The maximum atomic E-state index is 13.2. The molecule has 36 heavy (non-hydrogen) atoms. The number of guanidine groups is 1. The Morgan fingerprint density at radius 3 is 2.47 bits per heavy atom. The van der Waals surface area contributed by atoms with Crippen LogP contribution in [0.15, 0.2) is 11.3 Å². The highest BCUT2D eigenvalue weighted by Gasteiger charge is 2.66. The van der Waals surface area contributed by atoms with Crippen LogP contribution in [0.3, 0.4) is 0 Å². The highest BCUT2D eigenvalue weighted by atomic mass is 32.2. The Morgan fingerprint density at radius 1 is 1.31 bits per heavy atom. The molecule has 1 fully saturated rings. The topological polar surface area (TPSA) is 223 Å². The monoisotopic (exact) mass is 547 g/mol. The standard InChI is InChI=1S/C16H20F3N5O11S/c1-6(25)32-4-8-10(33-7(2)26)14(27,35-36(29,30)16(17,18)19)12(34-8)24-5-21-9-11(24)22-13(20)23-15(9,28)31-3/h5,8,10,12,27-28H,4H2,1-3H3,(H3,20,22,23)/t8-,10-,12-,14+,15?/m1/s1. The Kier molecular flexibility index (Phi) is 6.98. The minimum absolute atomic E-state index is 0.391. The van der Waals surface area contributed by atoms with Crippen molar-refractivity contribution in [3.63, 3.8) is 0 Å². The van der Waals surface area contributed by atoms with Crippen LogP contribution in [0.4, 0.5) is 19.0 Å². The minimum atomic E-state index is -6.55. The second kappa shape index (κ2) is 9.12. The molecule has 1 aromatic heterocycles. The van der Waals surface area contributed by atoms with Crippen molar-refractivity contribution < 1.29 is 64.5 Å². The van der Waals surface area contributed by atoms with E-state index in [1.54, 1.807) is 0 Å². The van der Waals surface area contributed by atoms with E-state index in [4.69, 9.17) is 24.7 Å².